The molecule has 6 heteroatoms. The molecule has 1 aromatic carbocycles. The highest BCUT2D eigenvalue weighted by molar-refractivity contribution is 5.41. The van der Waals surface area contributed by atoms with Gasteiger partial charge < -0.3 is 15.8 Å². The van der Waals surface area contributed by atoms with E-state index in [-0.39, 0.29) is 5.82 Å². The molecule has 0 aliphatic carbocycles. The fraction of sp³-hybridized carbons (Fsp3) is 0.231. The van der Waals surface area contributed by atoms with Gasteiger partial charge in [-0.05, 0) is 31.2 Å². The summed E-state index contributed by atoms with van der Waals surface area (Å²) in [6.45, 7) is 2.43. The first kappa shape index (κ1) is 13.1. The van der Waals surface area contributed by atoms with Crippen molar-refractivity contribution < 1.29 is 9.13 Å². The number of nitrogens with one attached hydrogen (secondary N) is 1. The summed E-state index contributed by atoms with van der Waals surface area (Å²) in [7, 11) is 0. The quantitative estimate of drug-likeness (QED) is 0.637. The normalized spacial score (nSPS) is 10.2. The highest BCUT2D eigenvalue weighted by Crippen LogP contribution is 2.13. The molecule has 1 aromatic heterocycles. The number of aromatic nitrogens is 2. The van der Waals surface area contributed by atoms with Crippen LogP contribution in [0.15, 0.2) is 30.6 Å². The largest absolute Gasteiger partial charge is 0.492 e. The molecule has 5 nitrogen and oxygen atoms in total. The monoisotopic (exact) mass is 262 g/mol. The number of nitrogens with zero attached hydrogens (tertiary/aromatic N) is 2. The Morgan fingerprint density at radius 3 is 2.74 bits per heavy atom. The van der Waals surface area contributed by atoms with Gasteiger partial charge in [-0.25, -0.2) is 14.4 Å². The van der Waals surface area contributed by atoms with Crippen molar-refractivity contribution in [2.75, 3.05) is 24.2 Å². The average molecular weight is 262 g/mol. The third-order valence-corrected chi connectivity index (χ3v) is 2.51. The minimum absolute atomic E-state index is 0.188. The van der Waals surface area contributed by atoms with Gasteiger partial charge in [0.25, 0.3) is 0 Å². The van der Waals surface area contributed by atoms with Gasteiger partial charge in [0.1, 0.15) is 18.7 Å². The molecular formula is C13H15FN4O. The number of halogens is 1. The van der Waals surface area contributed by atoms with Gasteiger partial charge in [-0.3, -0.25) is 0 Å². The number of hydrogen-bond donors (Lipinski definition) is 2. The molecule has 100 valence electrons. The summed E-state index contributed by atoms with van der Waals surface area (Å²) in [4.78, 5) is 7.58. The maximum absolute atomic E-state index is 13.6. The van der Waals surface area contributed by atoms with E-state index in [9.17, 15) is 4.39 Å². The Bertz CT molecular complexity index is 545. The number of nitrogen functional groups attached to an aromatic ring is 1. The number of anilines is 2. The third-order valence-electron chi connectivity index (χ3n) is 2.51. The predicted molar refractivity (Wildman–Crippen MR) is 71.6 cm³/mol. The Hall–Kier alpha value is -2.37. The van der Waals surface area contributed by atoms with Crippen LogP contribution in [0.2, 0.25) is 0 Å². The van der Waals surface area contributed by atoms with Gasteiger partial charge in [0.2, 0.25) is 0 Å². The van der Waals surface area contributed by atoms with Gasteiger partial charge in [-0.2, -0.15) is 0 Å². The van der Waals surface area contributed by atoms with Crippen molar-refractivity contribution in [1.29, 1.82) is 0 Å². The number of rotatable bonds is 5. The van der Waals surface area contributed by atoms with E-state index in [0.717, 1.165) is 5.75 Å². The van der Waals surface area contributed by atoms with Crippen LogP contribution in [0, 0.1) is 12.7 Å². The summed E-state index contributed by atoms with van der Waals surface area (Å²) in [6, 6.07) is 7.09. The van der Waals surface area contributed by atoms with Crippen LogP contribution in [-0.2, 0) is 0 Å². The average Bonchev–Trinajstić information content (AvgIpc) is 2.41. The molecule has 0 radical (unpaired) electrons. The van der Waals surface area contributed by atoms with Crippen molar-refractivity contribution in [3.05, 3.63) is 42.1 Å². The van der Waals surface area contributed by atoms with Crippen molar-refractivity contribution >= 4 is 11.5 Å². The number of nitrogens with two attached hydrogens (primary N) is 1. The van der Waals surface area contributed by atoms with Crippen LogP contribution >= 0.6 is 0 Å². The second-order valence-corrected chi connectivity index (χ2v) is 3.97. The van der Waals surface area contributed by atoms with E-state index in [2.05, 4.69) is 15.3 Å². The smallest absolute Gasteiger partial charge is 0.186 e. The van der Waals surface area contributed by atoms with E-state index in [4.69, 9.17) is 10.5 Å². The number of benzene rings is 1. The van der Waals surface area contributed by atoms with Crippen molar-refractivity contribution in [1.82, 2.24) is 9.97 Å². The second kappa shape index (κ2) is 5.99. The number of ether oxygens (including phenoxy) is 1. The van der Waals surface area contributed by atoms with Crippen molar-refractivity contribution in [2.45, 2.75) is 6.92 Å². The van der Waals surface area contributed by atoms with Crippen LogP contribution in [0.5, 0.6) is 5.75 Å². The molecule has 0 aliphatic heterocycles. The van der Waals surface area contributed by atoms with Gasteiger partial charge >= 0.3 is 0 Å². The first-order valence-electron chi connectivity index (χ1n) is 5.86. The molecule has 0 aliphatic rings. The summed E-state index contributed by atoms with van der Waals surface area (Å²) in [5.74, 6) is 0.471. The van der Waals surface area contributed by atoms with E-state index in [1.54, 1.807) is 31.2 Å². The summed E-state index contributed by atoms with van der Waals surface area (Å²) >= 11 is 0. The lowest BCUT2D eigenvalue weighted by molar-refractivity contribution is 0.332. The van der Waals surface area contributed by atoms with Crippen LogP contribution < -0.4 is 15.8 Å². The Kier molecular flexibility index (Phi) is 4.12. The van der Waals surface area contributed by atoms with Gasteiger partial charge in [0.15, 0.2) is 11.6 Å². The molecule has 19 heavy (non-hydrogen) atoms. The Morgan fingerprint density at radius 2 is 2.00 bits per heavy atom. The highest BCUT2D eigenvalue weighted by Gasteiger charge is 2.06. The molecule has 0 atom stereocenters. The first-order chi connectivity index (χ1) is 9.16. The zero-order valence-electron chi connectivity index (χ0n) is 10.6. The van der Waals surface area contributed by atoms with Crippen LogP contribution in [0.25, 0.3) is 0 Å². The van der Waals surface area contributed by atoms with E-state index in [1.165, 1.54) is 6.33 Å². The number of aryl methyl sites for hydroxylation is 1. The standard InChI is InChI=1S/C13H15FN4O/c1-9-12(14)13(18-8-17-9)16-6-7-19-11-4-2-10(15)3-5-11/h2-5,8H,6-7,15H2,1H3,(H,16,17,18). The third kappa shape index (κ3) is 3.54. The Morgan fingerprint density at radius 1 is 1.26 bits per heavy atom. The highest BCUT2D eigenvalue weighted by atomic mass is 19.1. The molecule has 1 heterocycles. The van der Waals surface area contributed by atoms with Gasteiger partial charge in [-0.1, -0.05) is 0 Å². The van der Waals surface area contributed by atoms with Crippen molar-refractivity contribution in [2.24, 2.45) is 0 Å². The predicted octanol–water partition coefficient (Wildman–Crippen LogP) is 2.00. The molecule has 2 aromatic rings. The van der Waals surface area contributed by atoms with Gasteiger partial charge in [-0.15, -0.1) is 0 Å². The Balaban J connectivity index is 1.81. The molecular weight excluding hydrogens is 247 g/mol. The summed E-state index contributed by atoms with van der Waals surface area (Å²) < 4.78 is 19.0. The van der Waals surface area contributed by atoms with Crippen molar-refractivity contribution in [3.8, 4) is 5.75 Å². The fourth-order valence-electron chi connectivity index (χ4n) is 1.48. The fourth-order valence-corrected chi connectivity index (χ4v) is 1.48. The molecule has 0 fully saturated rings. The van der Waals surface area contributed by atoms with E-state index < -0.39 is 5.82 Å². The minimum atomic E-state index is -0.435. The minimum Gasteiger partial charge on any atom is -0.492 e. The molecule has 0 bridgehead atoms. The first-order valence-corrected chi connectivity index (χ1v) is 5.86. The summed E-state index contributed by atoms with van der Waals surface area (Å²) in [5, 5.41) is 2.86. The second-order valence-electron chi connectivity index (χ2n) is 3.97. The van der Waals surface area contributed by atoms with Crippen LogP contribution in [0.1, 0.15) is 5.69 Å². The van der Waals surface area contributed by atoms with E-state index in [1.807, 2.05) is 0 Å². The molecule has 3 N–H and O–H groups in total. The van der Waals surface area contributed by atoms with Gasteiger partial charge in [0.05, 0.1) is 12.2 Å². The van der Waals surface area contributed by atoms with Crippen molar-refractivity contribution in [3.63, 3.8) is 0 Å². The van der Waals surface area contributed by atoms with Gasteiger partial charge in [0, 0.05) is 5.69 Å². The molecule has 0 spiro atoms. The molecule has 0 saturated carbocycles. The zero-order valence-corrected chi connectivity index (χ0v) is 10.6. The Labute approximate surface area is 110 Å². The van der Waals surface area contributed by atoms with E-state index >= 15 is 0 Å². The zero-order chi connectivity index (χ0) is 13.7. The number of hydrogen-bond acceptors (Lipinski definition) is 5. The lowest BCUT2D eigenvalue weighted by atomic mass is 10.3. The molecule has 0 saturated heterocycles. The van der Waals surface area contributed by atoms with Crippen LogP contribution in [0.3, 0.4) is 0 Å². The molecule has 0 unspecified atom stereocenters. The maximum Gasteiger partial charge on any atom is 0.186 e. The lowest BCUT2D eigenvalue weighted by Crippen LogP contribution is -2.14. The molecule has 0 amide bonds. The molecule has 2 rings (SSSR count). The van der Waals surface area contributed by atoms with Crippen LogP contribution in [0.4, 0.5) is 15.9 Å². The maximum atomic E-state index is 13.6. The summed E-state index contributed by atoms with van der Waals surface area (Å²) in [6.07, 6.45) is 1.32. The SMILES string of the molecule is Cc1ncnc(NCCOc2ccc(N)cc2)c1F. The van der Waals surface area contributed by atoms with E-state index in [0.29, 0.717) is 24.5 Å². The van der Waals surface area contributed by atoms with Crippen LogP contribution in [-0.4, -0.2) is 23.1 Å². The topological polar surface area (TPSA) is 73.1 Å². The summed E-state index contributed by atoms with van der Waals surface area (Å²) in [5.41, 5.74) is 6.57. The lowest BCUT2D eigenvalue weighted by Gasteiger charge is -2.09.